The SMILES string of the molecule is CCNC(=NCCCCn1ccnc1C)N1CCC(COCC)C1. The first kappa shape index (κ1) is 18.8. The second-order valence-corrected chi connectivity index (χ2v) is 6.37. The summed E-state index contributed by atoms with van der Waals surface area (Å²) in [6, 6.07) is 0. The molecule has 1 aromatic rings. The summed E-state index contributed by atoms with van der Waals surface area (Å²) < 4.78 is 7.77. The molecule has 6 nitrogen and oxygen atoms in total. The van der Waals surface area contributed by atoms with E-state index in [2.05, 4.69) is 33.6 Å². The average molecular weight is 335 g/mol. The van der Waals surface area contributed by atoms with Gasteiger partial charge in [-0.1, -0.05) is 0 Å². The fraction of sp³-hybridized carbons (Fsp3) is 0.778. The number of aromatic nitrogens is 2. The maximum Gasteiger partial charge on any atom is 0.193 e. The Labute approximate surface area is 146 Å². The highest BCUT2D eigenvalue weighted by Gasteiger charge is 2.24. The standard InChI is InChI=1S/C18H33N5O/c1-4-19-18(23-12-8-17(14-23)15-24-5-2)21-9-6-7-11-22-13-10-20-16(22)3/h10,13,17H,4-9,11-12,14-15H2,1-3H3,(H,19,21). The largest absolute Gasteiger partial charge is 0.381 e. The normalized spacial score (nSPS) is 18.4. The van der Waals surface area contributed by atoms with Crippen LogP contribution in [0.15, 0.2) is 17.4 Å². The first-order valence-electron chi connectivity index (χ1n) is 9.33. The topological polar surface area (TPSA) is 54.7 Å². The molecule has 6 heteroatoms. The van der Waals surface area contributed by atoms with Gasteiger partial charge in [0.2, 0.25) is 0 Å². The molecule has 1 aliphatic rings. The zero-order chi connectivity index (χ0) is 17.2. The van der Waals surface area contributed by atoms with E-state index in [0.29, 0.717) is 5.92 Å². The van der Waals surface area contributed by atoms with Crippen molar-refractivity contribution in [2.45, 2.75) is 46.6 Å². The number of unbranched alkanes of at least 4 members (excludes halogenated alkanes) is 1. The molecule has 0 spiro atoms. The molecule has 1 N–H and O–H groups in total. The van der Waals surface area contributed by atoms with Crippen molar-refractivity contribution >= 4 is 5.96 Å². The summed E-state index contributed by atoms with van der Waals surface area (Å²) in [6.45, 7) is 12.9. The van der Waals surface area contributed by atoms with Crippen LogP contribution in [-0.2, 0) is 11.3 Å². The van der Waals surface area contributed by atoms with E-state index in [-0.39, 0.29) is 0 Å². The van der Waals surface area contributed by atoms with Crippen LogP contribution in [0.3, 0.4) is 0 Å². The molecule has 0 aromatic carbocycles. The van der Waals surface area contributed by atoms with Crippen LogP contribution >= 0.6 is 0 Å². The molecule has 1 saturated heterocycles. The lowest BCUT2D eigenvalue weighted by molar-refractivity contribution is 0.114. The maximum atomic E-state index is 5.57. The number of rotatable bonds is 9. The monoisotopic (exact) mass is 335 g/mol. The zero-order valence-corrected chi connectivity index (χ0v) is 15.5. The van der Waals surface area contributed by atoms with Gasteiger partial charge in [-0.05, 0) is 40.0 Å². The first-order valence-corrected chi connectivity index (χ1v) is 9.33. The lowest BCUT2D eigenvalue weighted by Gasteiger charge is -2.21. The Bertz CT molecular complexity index is 499. The summed E-state index contributed by atoms with van der Waals surface area (Å²) in [5, 5.41) is 3.43. The lowest BCUT2D eigenvalue weighted by Crippen LogP contribution is -2.40. The second-order valence-electron chi connectivity index (χ2n) is 6.37. The van der Waals surface area contributed by atoms with Gasteiger partial charge in [0.1, 0.15) is 5.82 Å². The number of nitrogens with zero attached hydrogens (tertiary/aromatic N) is 4. The Morgan fingerprint density at radius 1 is 1.42 bits per heavy atom. The van der Waals surface area contributed by atoms with Gasteiger partial charge >= 0.3 is 0 Å². The number of likely N-dealkylation sites (tertiary alicyclic amines) is 1. The van der Waals surface area contributed by atoms with Crippen molar-refractivity contribution < 1.29 is 4.74 Å². The molecule has 0 radical (unpaired) electrons. The second kappa shape index (κ2) is 10.3. The molecular formula is C18H33N5O. The molecule has 1 atom stereocenters. The highest BCUT2D eigenvalue weighted by molar-refractivity contribution is 5.80. The number of guanidine groups is 1. The van der Waals surface area contributed by atoms with Crippen molar-refractivity contribution in [1.29, 1.82) is 0 Å². The van der Waals surface area contributed by atoms with E-state index in [1.54, 1.807) is 0 Å². The van der Waals surface area contributed by atoms with Crippen molar-refractivity contribution in [2.75, 3.05) is 39.4 Å². The number of imidazole rings is 1. The van der Waals surface area contributed by atoms with E-state index in [1.165, 1.54) is 6.42 Å². The van der Waals surface area contributed by atoms with Gasteiger partial charge in [-0.3, -0.25) is 4.99 Å². The highest BCUT2D eigenvalue weighted by Crippen LogP contribution is 2.16. The van der Waals surface area contributed by atoms with Crippen molar-refractivity contribution in [3.05, 3.63) is 18.2 Å². The van der Waals surface area contributed by atoms with Crippen molar-refractivity contribution in [2.24, 2.45) is 10.9 Å². The van der Waals surface area contributed by atoms with Crippen molar-refractivity contribution in [3.63, 3.8) is 0 Å². The van der Waals surface area contributed by atoms with E-state index in [1.807, 2.05) is 19.3 Å². The predicted octanol–water partition coefficient (Wildman–Crippen LogP) is 2.30. The van der Waals surface area contributed by atoms with Crippen LogP contribution in [0, 0.1) is 12.8 Å². The van der Waals surface area contributed by atoms with E-state index >= 15 is 0 Å². The van der Waals surface area contributed by atoms with Crippen LogP contribution in [0.25, 0.3) is 0 Å². The third-order valence-electron chi connectivity index (χ3n) is 4.47. The Balaban J connectivity index is 1.73. The number of aryl methyl sites for hydroxylation is 2. The molecule has 1 aliphatic heterocycles. The summed E-state index contributed by atoms with van der Waals surface area (Å²) in [5.74, 6) is 2.79. The molecule has 2 rings (SSSR count). The smallest absolute Gasteiger partial charge is 0.193 e. The molecule has 1 unspecified atom stereocenters. The Morgan fingerprint density at radius 3 is 3.00 bits per heavy atom. The number of nitrogens with one attached hydrogen (secondary N) is 1. The highest BCUT2D eigenvalue weighted by atomic mass is 16.5. The molecule has 0 amide bonds. The van der Waals surface area contributed by atoms with E-state index in [0.717, 1.165) is 70.6 Å². The fourth-order valence-electron chi connectivity index (χ4n) is 3.09. The molecule has 0 saturated carbocycles. The Kier molecular flexibility index (Phi) is 8.08. The third-order valence-corrected chi connectivity index (χ3v) is 4.47. The zero-order valence-electron chi connectivity index (χ0n) is 15.5. The molecule has 0 bridgehead atoms. The molecular weight excluding hydrogens is 302 g/mol. The van der Waals surface area contributed by atoms with Gasteiger partial charge in [-0.25, -0.2) is 4.98 Å². The fourth-order valence-corrected chi connectivity index (χ4v) is 3.09. The Hall–Kier alpha value is -1.56. The van der Waals surface area contributed by atoms with Crippen molar-refractivity contribution in [1.82, 2.24) is 19.8 Å². The molecule has 24 heavy (non-hydrogen) atoms. The van der Waals surface area contributed by atoms with Crippen LogP contribution in [0.1, 0.15) is 38.9 Å². The summed E-state index contributed by atoms with van der Waals surface area (Å²) >= 11 is 0. The number of hydrogen-bond donors (Lipinski definition) is 1. The number of aliphatic imine (C=N–C) groups is 1. The van der Waals surface area contributed by atoms with Crippen molar-refractivity contribution in [3.8, 4) is 0 Å². The average Bonchev–Trinajstić information content (AvgIpc) is 3.21. The van der Waals surface area contributed by atoms with Gasteiger partial charge in [0, 0.05) is 57.6 Å². The minimum Gasteiger partial charge on any atom is -0.381 e. The summed E-state index contributed by atoms with van der Waals surface area (Å²) in [4.78, 5) is 11.5. The van der Waals surface area contributed by atoms with Gasteiger partial charge in [-0.2, -0.15) is 0 Å². The minimum atomic E-state index is 0.637. The van der Waals surface area contributed by atoms with Crippen LogP contribution in [-0.4, -0.2) is 59.8 Å². The molecule has 1 aromatic heterocycles. The summed E-state index contributed by atoms with van der Waals surface area (Å²) in [5.41, 5.74) is 0. The van der Waals surface area contributed by atoms with Gasteiger partial charge in [0.15, 0.2) is 5.96 Å². The molecule has 1 fully saturated rings. The maximum absolute atomic E-state index is 5.57. The van der Waals surface area contributed by atoms with Gasteiger partial charge < -0.3 is 19.5 Å². The van der Waals surface area contributed by atoms with E-state index in [4.69, 9.17) is 9.73 Å². The first-order chi connectivity index (χ1) is 11.7. The third kappa shape index (κ3) is 5.82. The lowest BCUT2D eigenvalue weighted by atomic mass is 10.1. The summed E-state index contributed by atoms with van der Waals surface area (Å²) in [7, 11) is 0. The molecule has 2 heterocycles. The Morgan fingerprint density at radius 2 is 2.29 bits per heavy atom. The van der Waals surface area contributed by atoms with Gasteiger partial charge in [0.25, 0.3) is 0 Å². The quantitative estimate of drug-likeness (QED) is 0.427. The van der Waals surface area contributed by atoms with Gasteiger partial charge in [0.05, 0.1) is 6.61 Å². The molecule has 136 valence electrons. The summed E-state index contributed by atoms with van der Waals surface area (Å²) in [6.07, 6.45) is 7.34. The molecule has 0 aliphatic carbocycles. The van der Waals surface area contributed by atoms with Gasteiger partial charge in [-0.15, -0.1) is 0 Å². The van der Waals surface area contributed by atoms with E-state index < -0.39 is 0 Å². The van der Waals surface area contributed by atoms with Crippen LogP contribution < -0.4 is 5.32 Å². The number of hydrogen-bond acceptors (Lipinski definition) is 3. The predicted molar refractivity (Wildman–Crippen MR) is 98.3 cm³/mol. The van der Waals surface area contributed by atoms with Crippen LogP contribution in [0.5, 0.6) is 0 Å². The minimum absolute atomic E-state index is 0.637. The van der Waals surface area contributed by atoms with E-state index in [9.17, 15) is 0 Å². The van der Waals surface area contributed by atoms with Crippen LogP contribution in [0.2, 0.25) is 0 Å². The number of ether oxygens (including phenoxy) is 1. The van der Waals surface area contributed by atoms with Crippen LogP contribution in [0.4, 0.5) is 0 Å².